The maximum atomic E-state index is 4.97. The van der Waals surface area contributed by atoms with E-state index in [0.29, 0.717) is 0 Å². The first kappa shape index (κ1) is 19.5. The smallest absolute Gasteiger partial charge is 0.0715 e. The van der Waals surface area contributed by atoms with Crippen molar-refractivity contribution in [1.29, 1.82) is 0 Å². The molecule has 0 aliphatic heterocycles. The van der Waals surface area contributed by atoms with Gasteiger partial charge in [-0.05, 0) is 46.5 Å². The molecule has 0 saturated carbocycles. The van der Waals surface area contributed by atoms with Crippen LogP contribution in [-0.4, -0.2) is 4.98 Å². The van der Waals surface area contributed by atoms with E-state index >= 15 is 0 Å². The van der Waals surface area contributed by atoms with E-state index in [1.165, 1.54) is 16.7 Å². The molecule has 1 aromatic heterocycles. The SMILES string of the molecule is Brc1cccc(-c2ccc(-c3cc(-c4ccccc4)nc(-c4ccccc4)c3)cc2)c1. The molecule has 0 unspecified atom stereocenters. The second-order valence-corrected chi connectivity index (χ2v) is 8.36. The molecule has 0 aliphatic carbocycles. The number of hydrogen-bond donors (Lipinski definition) is 0. The molecule has 0 bridgehead atoms. The Kier molecular flexibility index (Phi) is 5.47. The molecular formula is C29H20BrN. The number of pyridine rings is 1. The Labute approximate surface area is 191 Å². The zero-order chi connectivity index (χ0) is 21.0. The van der Waals surface area contributed by atoms with E-state index in [4.69, 9.17) is 4.98 Å². The van der Waals surface area contributed by atoms with E-state index in [0.717, 1.165) is 32.6 Å². The lowest BCUT2D eigenvalue weighted by molar-refractivity contribution is 1.32. The number of nitrogens with zero attached hydrogens (tertiary/aromatic N) is 1. The Morgan fingerprint density at radius 1 is 0.387 bits per heavy atom. The normalized spacial score (nSPS) is 10.7. The van der Waals surface area contributed by atoms with Crippen LogP contribution in [0.5, 0.6) is 0 Å². The minimum Gasteiger partial charge on any atom is -0.248 e. The van der Waals surface area contributed by atoms with Crippen LogP contribution in [-0.2, 0) is 0 Å². The predicted molar refractivity (Wildman–Crippen MR) is 134 cm³/mol. The minimum absolute atomic E-state index is 0.980. The molecule has 0 radical (unpaired) electrons. The monoisotopic (exact) mass is 461 g/mol. The van der Waals surface area contributed by atoms with Crippen LogP contribution >= 0.6 is 15.9 Å². The molecule has 5 rings (SSSR count). The molecule has 5 aromatic rings. The fourth-order valence-electron chi connectivity index (χ4n) is 3.73. The van der Waals surface area contributed by atoms with Crippen LogP contribution in [0, 0.1) is 0 Å². The Morgan fingerprint density at radius 2 is 0.871 bits per heavy atom. The van der Waals surface area contributed by atoms with Gasteiger partial charge in [-0.2, -0.15) is 0 Å². The zero-order valence-corrected chi connectivity index (χ0v) is 18.5. The molecule has 148 valence electrons. The molecule has 2 heteroatoms. The summed E-state index contributed by atoms with van der Waals surface area (Å²) in [5.74, 6) is 0. The standard InChI is InChI=1S/C29H20BrN/c30-27-13-7-12-25(18-27)21-14-16-22(17-15-21)26-19-28(23-8-3-1-4-9-23)31-29(20-26)24-10-5-2-6-11-24/h1-20H. The van der Waals surface area contributed by atoms with E-state index in [2.05, 4.69) is 119 Å². The van der Waals surface area contributed by atoms with E-state index in [1.54, 1.807) is 0 Å². The zero-order valence-electron chi connectivity index (χ0n) is 16.9. The van der Waals surface area contributed by atoms with Gasteiger partial charge in [0.25, 0.3) is 0 Å². The van der Waals surface area contributed by atoms with Crippen LogP contribution in [0.2, 0.25) is 0 Å². The van der Waals surface area contributed by atoms with Crippen LogP contribution in [0.15, 0.2) is 126 Å². The number of halogens is 1. The fraction of sp³-hybridized carbons (Fsp3) is 0. The van der Waals surface area contributed by atoms with Gasteiger partial charge in [-0.3, -0.25) is 0 Å². The van der Waals surface area contributed by atoms with Crippen molar-refractivity contribution in [3.63, 3.8) is 0 Å². The maximum absolute atomic E-state index is 4.97. The Balaban J connectivity index is 1.59. The highest BCUT2D eigenvalue weighted by atomic mass is 79.9. The van der Waals surface area contributed by atoms with Crippen LogP contribution in [0.3, 0.4) is 0 Å². The van der Waals surface area contributed by atoms with Crippen molar-refractivity contribution in [2.45, 2.75) is 0 Å². The van der Waals surface area contributed by atoms with Gasteiger partial charge in [-0.15, -0.1) is 0 Å². The van der Waals surface area contributed by atoms with Crippen LogP contribution in [0.25, 0.3) is 44.8 Å². The first-order chi connectivity index (χ1) is 15.3. The molecule has 0 spiro atoms. The van der Waals surface area contributed by atoms with E-state index in [1.807, 2.05) is 18.2 Å². The summed E-state index contributed by atoms with van der Waals surface area (Å²) in [5, 5.41) is 0. The highest BCUT2D eigenvalue weighted by molar-refractivity contribution is 9.10. The number of rotatable bonds is 4. The summed E-state index contributed by atoms with van der Waals surface area (Å²) in [6.45, 7) is 0. The third-order valence-corrected chi connectivity index (χ3v) is 5.83. The van der Waals surface area contributed by atoms with Crippen LogP contribution in [0.1, 0.15) is 0 Å². The number of aromatic nitrogens is 1. The molecule has 0 aliphatic rings. The van der Waals surface area contributed by atoms with Crippen molar-refractivity contribution in [3.05, 3.63) is 126 Å². The molecule has 0 fully saturated rings. The largest absolute Gasteiger partial charge is 0.248 e. The van der Waals surface area contributed by atoms with Gasteiger partial charge < -0.3 is 0 Å². The number of hydrogen-bond acceptors (Lipinski definition) is 1. The lowest BCUT2D eigenvalue weighted by Crippen LogP contribution is -1.91. The molecule has 0 N–H and O–H groups in total. The van der Waals surface area contributed by atoms with Gasteiger partial charge in [0.2, 0.25) is 0 Å². The molecule has 0 amide bonds. The predicted octanol–water partition coefficient (Wildman–Crippen LogP) is 8.51. The Hall–Kier alpha value is -3.49. The summed E-state index contributed by atoms with van der Waals surface area (Å²) in [6, 6.07) is 42.2. The van der Waals surface area contributed by atoms with Crippen molar-refractivity contribution >= 4 is 15.9 Å². The van der Waals surface area contributed by atoms with E-state index < -0.39 is 0 Å². The fourth-order valence-corrected chi connectivity index (χ4v) is 4.13. The van der Waals surface area contributed by atoms with Crippen LogP contribution in [0.4, 0.5) is 0 Å². The summed E-state index contributed by atoms with van der Waals surface area (Å²) in [6.07, 6.45) is 0. The molecule has 4 aromatic carbocycles. The Bertz CT molecular complexity index is 1250. The van der Waals surface area contributed by atoms with Gasteiger partial charge in [0.15, 0.2) is 0 Å². The van der Waals surface area contributed by atoms with Crippen LogP contribution < -0.4 is 0 Å². The second-order valence-electron chi connectivity index (χ2n) is 7.45. The molecule has 31 heavy (non-hydrogen) atoms. The van der Waals surface area contributed by atoms with E-state index in [-0.39, 0.29) is 0 Å². The third kappa shape index (κ3) is 4.35. The second kappa shape index (κ2) is 8.71. The van der Waals surface area contributed by atoms with Gasteiger partial charge in [0, 0.05) is 15.6 Å². The molecular weight excluding hydrogens is 442 g/mol. The molecule has 0 atom stereocenters. The summed E-state index contributed by atoms with van der Waals surface area (Å²) >= 11 is 3.56. The molecule has 0 saturated heterocycles. The lowest BCUT2D eigenvalue weighted by Gasteiger charge is -2.11. The third-order valence-electron chi connectivity index (χ3n) is 5.34. The van der Waals surface area contributed by atoms with Gasteiger partial charge >= 0.3 is 0 Å². The number of benzene rings is 4. The first-order valence-electron chi connectivity index (χ1n) is 10.3. The summed E-state index contributed by atoms with van der Waals surface area (Å²) in [4.78, 5) is 4.97. The van der Waals surface area contributed by atoms with E-state index in [9.17, 15) is 0 Å². The average molecular weight is 462 g/mol. The van der Waals surface area contributed by atoms with Crippen molar-refractivity contribution in [3.8, 4) is 44.8 Å². The summed E-state index contributed by atoms with van der Waals surface area (Å²) < 4.78 is 1.09. The van der Waals surface area contributed by atoms with Gasteiger partial charge in [-0.25, -0.2) is 4.98 Å². The van der Waals surface area contributed by atoms with Crippen molar-refractivity contribution in [1.82, 2.24) is 4.98 Å². The highest BCUT2D eigenvalue weighted by Crippen LogP contribution is 2.32. The van der Waals surface area contributed by atoms with Gasteiger partial charge in [0.1, 0.15) is 0 Å². The van der Waals surface area contributed by atoms with Crippen molar-refractivity contribution < 1.29 is 0 Å². The Morgan fingerprint density at radius 3 is 1.39 bits per heavy atom. The van der Waals surface area contributed by atoms with Gasteiger partial charge in [0.05, 0.1) is 11.4 Å². The molecule has 1 nitrogen and oxygen atoms in total. The minimum atomic E-state index is 0.980. The highest BCUT2D eigenvalue weighted by Gasteiger charge is 2.09. The quantitative estimate of drug-likeness (QED) is 0.261. The van der Waals surface area contributed by atoms with Crippen molar-refractivity contribution in [2.24, 2.45) is 0 Å². The molecule has 1 heterocycles. The lowest BCUT2D eigenvalue weighted by atomic mass is 9.97. The average Bonchev–Trinajstić information content (AvgIpc) is 2.85. The van der Waals surface area contributed by atoms with Crippen molar-refractivity contribution in [2.75, 3.05) is 0 Å². The summed E-state index contributed by atoms with van der Waals surface area (Å²) in [5.41, 5.74) is 8.93. The maximum Gasteiger partial charge on any atom is 0.0715 e. The van der Waals surface area contributed by atoms with Gasteiger partial charge in [-0.1, -0.05) is 113 Å². The summed E-state index contributed by atoms with van der Waals surface area (Å²) in [7, 11) is 0. The first-order valence-corrected chi connectivity index (χ1v) is 11.0. The topological polar surface area (TPSA) is 12.9 Å².